The summed E-state index contributed by atoms with van der Waals surface area (Å²) in [5.41, 5.74) is -0.445. The van der Waals surface area contributed by atoms with Crippen molar-refractivity contribution in [1.82, 2.24) is 14.6 Å². The third-order valence-electron chi connectivity index (χ3n) is 7.29. The Hall–Kier alpha value is -2.82. The highest BCUT2D eigenvalue weighted by atomic mass is 28.4. The van der Waals surface area contributed by atoms with Gasteiger partial charge in [-0.1, -0.05) is 88.4 Å². The Morgan fingerprint density at radius 2 is 1.63 bits per heavy atom. The maximum atomic E-state index is 12.7. The van der Waals surface area contributed by atoms with Crippen LogP contribution in [0.15, 0.2) is 76.4 Å². The van der Waals surface area contributed by atoms with Crippen molar-refractivity contribution >= 4 is 18.7 Å². The van der Waals surface area contributed by atoms with Crippen LogP contribution in [0.25, 0.3) is 0 Å². The van der Waals surface area contributed by atoms with Gasteiger partial charge in [-0.15, -0.1) is 0 Å². The lowest BCUT2D eigenvalue weighted by Gasteiger charge is -2.45. The molecule has 9 heteroatoms. The molecule has 0 amide bonds. The van der Waals surface area contributed by atoms with Crippen molar-refractivity contribution in [2.45, 2.75) is 64.5 Å². The second-order valence-electron chi connectivity index (χ2n) is 10.9. The van der Waals surface area contributed by atoms with Gasteiger partial charge in [0.05, 0.1) is 12.7 Å². The van der Waals surface area contributed by atoms with Crippen molar-refractivity contribution in [3.05, 3.63) is 93.3 Å². The highest BCUT2D eigenvalue weighted by Crippen LogP contribution is 2.41. The first-order chi connectivity index (χ1) is 18.1. The second-order valence-corrected chi connectivity index (χ2v) is 15.2. The summed E-state index contributed by atoms with van der Waals surface area (Å²) in [7, 11) is -1.00. The molecule has 0 saturated carbocycles. The van der Waals surface area contributed by atoms with Crippen molar-refractivity contribution < 1.29 is 14.0 Å². The number of ether oxygens (including phenoxy) is 1. The minimum absolute atomic E-state index is 0.217. The molecule has 3 aromatic rings. The molecule has 1 N–H and O–H groups in total. The van der Waals surface area contributed by atoms with Crippen LogP contribution in [0.1, 0.15) is 45.9 Å². The fourth-order valence-corrected chi connectivity index (χ4v) is 9.87. The molecule has 0 bridgehead atoms. The molecule has 1 fully saturated rings. The first-order valence-corrected chi connectivity index (χ1v) is 15.1. The van der Waals surface area contributed by atoms with E-state index in [1.54, 1.807) is 18.2 Å². The van der Waals surface area contributed by atoms with E-state index in [0.29, 0.717) is 12.0 Å². The maximum absolute atomic E-state index is 12.7. The molecule has 1 aromatic heterocycles. The zero-order chi connectivity index (χ0) is 27.5. The number of hydroxylamine groups is 2. The SMILES string of the molecule is CCN(C)OC[C@H]1O[C@@H](n2cc(C)c(=O)[nH]c2=O)C[C@@H]1O[Si](c1ccccc1)(c1ccccc1)C(C)(C)C. The van der Waals surface area contributed by atoms with Crippen LogP contribution in [0.2, 0.25) is 5.04 Å². The first-order valence-electron chi connectivity index (χ1n) is 13.2. The van der Waals surface area contributed by atoms with Crippen LogP contribution >= 0.6 is 0 Å². The lowest BCUT2D eigenvalue weighted by Crippen LogP contribution is -2.68. The monoisotopic (exact) mass is 537 g/mol. The van der Waals surface area contributed by atoms with E-state index < -0.39 is 31.9 Å². The molecule has 1 saturated heterocycles. The summed E-state index contributed by atoms with van der Waals surface area (Å²) in [5, 5.41) is 3.88. The molecular formula is C29H39N3O5Si. The van der Waals surface area contributed by atoms with E-state index >= 15 is 0 Å². The molecule has 204 valence electrons. The van der Waals surface area contributed by atoms with E-state index in [0.717, 1.165) is 6.54 Å². The Balaban J connectivity index is 1.80. The summed E-state index contributed by atoms with van der Waals surface area (Å²) < 4.78 is 15.3. The first kappa shape index (κ1) is 28.2. The number of aromatic amines is 1. The Bertz CT molecular complexity index is 1280. The molecule has 0 spiro atoms. The molecule has 3 atom stereocenters. The van der Waals surface area contributed by atoms with Crippen LogP contribution in [0.3, 0.4) is 0 Å². The van der Waals surface area contributed by atoms with E-state index in [2.05, 4.69) is 74.3 Å². The lowest BCUT2D eigenvalue weighted by atomic mass is 10.2. The van der Waals surface area contributed by atoms with E-state index in [1.807, 2.05) is 26.1 Å². The normalized spacial score (nSPS) is 20.2. The highest BCUT2D eigenvalue weighted by molar-refractivity contribution is 6.99. The fourth-order valence-electron chi connectivity index (χ4n) is 5.16. The predicted molar refractivity (Wildman–Crippen MR) is 151 cm³/mol. The fraction of sp³-hybridized carbons (Fsp3) is 0.448. The summed E-state index contributed by atoms with van der Waals surface area (Å²) in [5.74, 6) is 0. The topological polar surface area (TPSA) is 85.8 Å². The third-order valence-corrected chi connectivity index (χ3v) is 12.3. The van der Waals surface area contributed by atoms with Gasteiger partial charge in [0.25, 0.3) is 13.9 Å². The molecule has 38 heavy (non-hydrogen) atoms. The Labute approximate surface area is 225 Å². The molecule has 2 heterocycles. The summed E-state index contributed by atoms with van der Waals surface area (Å²) in [6, 6.07) is 20.9. The number of nitrogens with one attached hydrogen (secondary N) is 1. The molecule has 0 unspecified atom stereocenters. The average molecular weight is 538 g/mol. The molecule has 4 rings (SSSR count). The molecular weight excluding hydrogens is 498 g/mol. The number of aromatic nitrogens is 2. The van der Waals surface area contributed by atoms with E-state index in [-0.39, 0.29) is 17.7 Å². The zero-order valence-electron chi connectivity index (χ0n) is 23.1. The van der Waals surface area contributed by atoms with E-state index in [4.69, 9.17) is 14.0 Å². The van der Waals surface area contributed by atoms with Gasteiger partial charge in [-0.05, 0) is 22.3 Å². The number of rotatable bonds is 9. The van der Waals surface area contributed by atoms with Crippen molar-refractivity contribution in [1.29, 1.82) is 0 Å². The van der Waals surface area contributed by atoms with Gasteiger partial charge in [-0.2, -0.15) is 5.06 Å². The van der Waals surface area contributed by atoms with E-state index in [9.17, 15) is 9.59 Å². The van der Waals surface area contributed by atoms with Crippen LogP contribution in [-0.4, -0.2) is 55.3 Å². The van der Waals surface area contributed by atoms with Crippen LogP contribution in [-0.2, 0) is 14.0 Å². The van der Waals surface area contributed by atoms with Crippen LogP contribution in [0.5, 0.6) is 0 Å². The van der Waals surface area contributed by atoms with Gasteiger partial charge in [0.15, 0.2) is 0 Å². The standard InChI is InChI=1S/C29H39N3O5Si/c1-7-31(6)35-20-25-24(18-26(36-25)32-19-21(2)27(33)30-28(32)34)37-38(29(3,4)5,22-14-10-8-11-15-22)23-16-12-9-13-17-23/h8-17,19,24-26H,7,18,20H2,1-6H3,(H,30,33,34)/t24-,25+,26+/m0/s1. The summed E-state index contributed by atoms with van der Waals surface area (Å²) >= 11 is 0. The van der Waals surface area contributed by atoms with Crippen molar-refractivity contribution in [2.24, 2.45) is 0 Å². The van der Waals surface area contributed by atoms with Gasteiger partial charge >= 0.3 is 5.69 Å². The molecule has 2 aromatic carbocycles. The Morgan fingerprint density at radius 1 is 1.05 bits per heavy atom. The average Bonchev–Trinajstić information content (AvgIpc) is 3.30. The number of nitrogens with zero attached hydrogens (tertiary/aromatic N) is 2. The van der Waals surface area contributed by atoms with Crippen molar-refractivity contribution in [3.8, 4) is 0 Å². The smallest absolute Gasteiger partial charge is 0.330 e. The van der Waals surface area contributed by atoms with Crippen LogP contribution < -0.4 is 21.6 Å². The largest absolute Gasteiger partial charge is 0.402 e. The molecule has 8 nitrogen and oxygen atoms in total. The van der Waals surface area contributed by atoms with Gasteiger partial charge in [-0.25, -0.2) is 4.79 Å². The van der Waals surface area contributed by atoms with Crippen molar-refractivity contribution in [2.75, 3.05) is 20.2 Å². The van der Waals surface area contributed by atoms with Crippen LogP contribution in [0.4, 0.5) is 0 Å². The third kappa shape index (κ3) is 5.62. The van der Waals surface area contributed by atoms with E-state index in [1.165, 1.54) is 14.9 Å². The van der Waals surface area contributed by atoms with Gasteiger partial charge in [0.1, 0.15) is 12.3 Å². The number of hydrogen-bond donors (Lipinski definition) is 1. The van der Waals surface area contributed by atoms with Crippen LogP contribution in [0, 0.1) is 6.92 Å². The molecule has 1 aliphatic heterocycles. The Morgan fingerprint density at radius 3 is 2.16 bits per heavy atom. The number of H-pyrrole nitrogens is 1. The van der Waals surface area contributed by atoms with Gasteiger partial charge < -0.3 is 9.16 Å². The molecule has 0 aliphatic carbocycles. The second kappa shape index (κ2) is 11.5. The minimum atomic E-state index is -2.88. The minimum Gasteiger partial charge on any atom is -0.402 e. The number of benzene rings is 2. The van der Waals surface area contributed by atoms with Gasteiger partial charge in [0.2, 0.25) is 0 Å². The number of aryl methyl sites for hydroxylation is 1. The maximum Gasteiger partial charge on any atom is 0.330 e. The Kier molecular flexibility index (Phi) is 8.54. The quantitative estimate of drug-likeness (QED) is 0.334. The number of hydrogen-bond acceptors (Lipinski definition) is 6. The zero-order valence-corrected chi connectivity index (χ0v) is 24.1. The summed E-state index contributed by atoms with van der Waals surface area (Å²) in [6.07, 6.45) is 0.639. The van der Waals surface area contributed by atoms with Gasteiger partial charge in [0, 0.05) is 31.8 Å². The predicted octanol–water partition coefficient (Wildman–Crippen LogP) is 2.96. The molecule has 0 radical (unpaired) electrons. The summed E-state index contributed by atoms with van der Waals surface area (Å²) in [4.78, 5) is 33.1. The van der Waals surface area contributed by atoms with Crippen molar-refractivity contribution in [3.63, 3.8) is 0 Å². The molecule has 1 aliphatic rings. The van der Waals surface area contributed by atoms with Gasteiger partial charge in [-0.3, -0.25) is 19.2 Å². The lowest BCUT2D eigenvalue weighted by molar-refractivity contribution is -0.176. The highest BCUT2D eigenvalue weighted by Gasteiger charge is 2.54. The summed E-state index contributed by atoms with van der Waals surface area (Å²) in [6.45, 7) is 11.4.